The Bertz CT molecular complexity index is 624. The molecule has 0 aromatic heterocycles. The molecule has 0 saturated heterocycles. The fourth-order valence-corrected chi connectivity index (χ4v) is 1.68. The molecule has 0 heterocycles. The maximum absolute atomic E-state index is 11.3. The summed E-state index contributed by atoms with van der Waals surface area (Å²) in [5.41, 5.74) is 1.42. The SMILES string of the molecule is COC(=O)c1ccc(Oc2ccc(CC#N)cc2)cc1. The Morgan fingerprint density at radius 1 is 1.05 bits per heavy atom. The molecule has 0 spiro atoms. The summed E-state index contributed by atoms with van der Waals surface area (Å²) in [6.45, 7) is 0. The van der Waals surface area contributed by atoms with Crippen LogP contribution in [0, 0.1) is 11.3 Å². The van der Waals surface area contributed by atoms with Crippen LogP contribution in [0.1, 0.15) is 15.9 Å². The van der Waals surface area contributed by atoms with E-state index in [1.165, 1.54) is 7.11 Å². The average molecular weight is 267 g/mol. The van der Waals surface area contributed by atoms with Crippen LogP contribution in [-0.2, 0) is 11.2 Å². The topological polar surface area (TPSA) is 59.3 Å². The first kappa shape index (κ1) is 13.6. The molecule has 0 N–H and O–H groups in total. The van der Waals surface area contributed by atoms with Crippen molar-refractivity contribution in [2.24, 2.45) is 0 Å². The first-order chi connectivity index (χ1) is 9.72. The molecule has 20 heavy (non-hydrogen) atoms. The highest BCUT2D eigenvalue weighted by molar-refractivity contribution is 5.89. The van der Waals surface area contributed by atoms with Gasteiger partial charge in [-0.1, -0.05) is 12.1 Å². The Kier molecular flexibility index (Phi) is 4.35. The monoisotopic (exact) mass is 267 g/mol. The summed E-state index contributed by atoms with van der Waals surface area (Å²) in [5, 5.41) is 8.60. The summed E-state index contributed by atoms with van der Waals surface area (Å²) in [5.74, 6) is 0.931. The van der Waals surface area contributed by atoms with Crippen LogP contribution in [0.4, 0.5) is 0 Å². The van der Waals surface area contributed by atoms with E-state index in [2.05, 4.69) is 10.8 Å². The zero-order valence-electron chi connectivity index (χ0n) is 11.0. The molecule has 4 heteroatoms. The summed E-state index contributed by atoms with van der Waals surface area (Å²) in [7, 11) is 1.34. The molecule has 0 fully saturated rings. The van der Waals surface area contributed by atoms with Crippen LogP contribution in [0.2, 0.25) is 0 Å². The van der Waals surface area contributed by atoms with Crippen molar-refractivity contribution in [2.75, 3.05) is 7.11 Å². The van der Waals surface area contributed by atoms with Crippen molar-refractivity contribution in [1.29, 1.82) is 5.26 Å². The molecule has 0 aliphatic rings. The number of esters is 1. The Morgan fingerprint density at radius 2 is 1.60 bits per heavy atom. The molecular weight excluding hydrogens is 254 g/mol. The van der Waals surface area contributed by atoms with Crippen LogP contribution in [0.25, 0.3) is 0 Å². The maximum Gasteiger partial charge on any atom is 0.337 e. The minimum atomic E-state index is -0.377. The van der Waals surface area contributed by atoms with Crippen molar-refractivity contribution in [2.45, 2.75) is 6.42 Å². The Morgan fingerprint density at radius 3 is 2.10 bits per heavy atom. The number of hydrogen-bond acceptors (Lipinski definition) is 4. The van der Waals surface area contributed by atoms with Gasteiger partial charge in [-0.05, 0) is 42.0 Å². The van der Waals surface area contributed by atoms with Gasteiger partial charge in [0.15, 0.2) is 0 Å². The summed E-state index contributed by atoms with van der Waals surface area (Å²) in [6, 6.07) is 16.1. The number of nitrogens with zero attached hydrogens (tertiary/aromatic N) is 1. The van der Waals surface area contributed by atoms with E-state index in [1.807, 2.05) is 12.1 Å². The largest absolute Gasteiger partial charge is 0.465 e. The molecule has 100 valence electrons. The van der Waals surface area contributed by atoms with Crippen LogP contribution in [0.3, 0.4) is 0 Å². The quantitative estimate of drug-likeness (QED) is 0.797. The van der Waals surface area contributed by atoms with Crippen LogP contribution in [-0.4, -0.2) is 13.1 Å². The van der Waals surface area contributed by atoms with Gasteiger partial charge in [0.1, 0.15) is 11.5 Å². The van der Waals surface area contributed by atoms with Gasteiger partial charge in [0.25, 0.3) is 0 Å². The second-order valence-electron chi connectivity index (χ2n) is 4.10. The van der Waals surface area contributed by atoms with E-state index in [1.54, 1.807) is 36.4 Å². The molecule has 0 aliphatic carbocycles. The van der Waals surface area contributed by atoms with E-state index in [0.29, 0.717) is 23.5 Å². The summed E-state index contributed by atoms with van der Waals surface area (Å²) in [6.07, 6.45) is 0.383. The Hall–Kier alpha value is -2.80. The van der Waals surface area contributed by atoms with Gasteiger partial charge in [-0.3, -0.25) is 0 Å². The summed E-state index contributed by atoms with van der Waals surface area (Å²) >= 11 is 0. The second kappa shape index (κ2) is 6.39. The lowest BCUT2D eigenvalue weighted by Gasteiger charge is -2.06. The first-order valence-corrected chi connectivity index (χ1v) is 6.05. The number of rotatable bonds is 4. The van der Waals surface area contributed by atoms with E-state index in [4.69, 9.17) is 10.00 Å². The molecule has 0 atom stereocenters. The molecule has 0 aliphatic heterocycles. The summed E-state index contributed by atoms with van der Waals surface area (Å²) in [4.78, 5) is 11.3. The van der Waals surface area contributed by atoms with Crippen molar-refractivity contribution in [1.82, 2.24) is 0 Å². The van der Waals surface area contributed by atoms with Gasteiger partial charge in [-0.15, -0.1) is 0 Å². The van der Waals surface area contributed by atoms with Crippen LogP contribution in [0.15, 0.2) is 48.5 Å². The standard InChI is InChI=1S/C16H13NO3/c1-19-16(18)13-4-8-15(9-5-13)20-14-6-2-12(3-7-14)10-11-17/h2-9H,10H2,1H3. The van der Waals surface area contributed by atoms with Crippen LogP contribution >= 0.6 is 0 Å². The number of hydrogen-bond donors (Lipinski definition) is 0. The van der Waals surface area contributed by atoms with E-state index >= 15 is 0 Å². The van der Waals surface area contributed by atoms with Gasteiger partial charge in [-0.2, -0.15) is 5.26 Å². The van der Waals surface area contributed by atoms with E-state index < -0.39 is 0 Å². The lowest BCUT2D eigenvalue weighted by Crippen LogP contribution is -2.00. The van der Waals surface area contributed by atoms with Gasteiger partial charge < -0.3 is 9.47 Å². The second-order valence-corrected chi connectivity index (χ2v) is 4.10. The fourth-order valence-electron chi connectivity index (χ4n) is 1.68. The molecule has 0 amide bonds. The average Bonchev–Trinajstić information content (AvgIpc) is 2.49. The van der Waals surface area contributed by atoms with Crippen LogP contribution < -0.4 is 4.74 Å². The smallest absolute Gasteiger partial charge is 0.337 e. The predicted molar refractivity (Wildman–Crippen MR) is 73.6 cm³/mol. The third-order valence-corrected chi connectivity index (χ3v) is 2.72. The van der Waals surface area contributed by atoms with Gasteiger partial charge in [0, 0.05) is 0 Å². The van der Waals surface area contributed by atoms with Crippen molar-refractivity contribution in [3.05, 3.63) is 59.7 Å². The maximum atomic E-state index is 11.3. The molecule has 0 bridgehead atoms. The molecular formula is C16H13NO3. The third kappa shape index (κ3) is 3.36. The number of carbonyl (C=O) groups excluding carboxylic acids is 1. The van der Waals surface area contributed by atoms with Gasteiger partial charge in [-0.25, -0.2) is 4.79 Å². The number of carbonyl (C=O) groups is 1. The van der Waals surface area contributed by atoms with Gasteiger partial charge >= 0.3 is 5.97 Å². The highest BCUT2D eigenvalue weighted by Crippen LogP contribution is 2.22. The molecule has 4 nitrogen and oxygen atoms in total. The van der Waals surface area contributed by atoms with Crippen molar-refractivity contribution in [3.63, 3.8) is 0 Å². The third-order valence-electron chi connectivity index (χ3n) is 2.72. The van der Waals surface area contributed by atoms with Crippen molar-refractivity contribution < 1.29 is 14.3 Å². The zero-order chi connectivity index (χ0) is 14.4. The normalized spacial score (nSPS) is 9.60. The van der Waals surface area contributed by atoms with E-state index in [9.17, 15) is 4.79 Å². The van der Waals surface area contributed by atoms with Crippen LogP contribution in [0.5, 0.6) is 11.5 Å². The van der Waals surface area contributed by atoms with Crippen molar-refractivity contribution in [3.8, 4) is 17.6 Å². The highest BCUT2D eigenvalue weighted by Gasteiger charge is 2.05. The minimum Gasteiger partial charge on any atom is -0.465 e. The molecule has 2 rings (SSSR count). The molecule has 2 aromatic carbocycles. The number of ether oxygens (including phenoxy) is 2. The van der Waals surface area contributed by atoms with Crippen molar-refractivity contribution >= 4 is 5.97 Å². The Labute approximate surface area is 117 Å². The number of benzene rings is 2. The highest BCUT2D eigenvalue weighted by atomic mass is 16.5. The molecule has 0 radical (unpaired) electrons. The first-order valence-electron chi connectivity index (χ1n) is 6.05. The number of nitriles is 1. The lowest BCUT2D eigenvalue weighted by atomic mass is 10.1. The molecule has 0 saturated carbocycles. The van der Waals surface area contributed by atoms with Gasteiger partial charge in [0.05, 0.1) is 25.2 Å². The summed E-state index contributed by atoms with van der Waals surface area (Å²) < 4.78 is 10.3. The zero-order valence-corrected chi connectivity index (χ0v) is 11.0. The van der Waals surface area contributed by atoms with Gasteiger partial charge in [0.2, 0.25) is 0 Å². The molecule has 2 aromatic rings. The van der Waals surface area contributed by atoms with E-state index in [0.717, 1.165) is 5.56 Å². The Balaban J connectivity index is 2.06. The van der Waals surface area contributed by atoms with E-state index in [-0.39, 0.29) is 5.97 Å². The predicted octanol–water partition coefficient (Wildman–Crippen LogP) is 3.33. The fraction of sp³-hybridized carbons (Fsp3) is 0.125. The minimum absolute atomic E-state index is 0.377. The molecule has 0 unspecified atom stereocenters. The number of methoxy groups -OCH3 is 1. The lowest BCUT2D eigenvalue weighted by molar-refractivity contribution is 0.0600.